The molecule has 6 heteroatoms. The van der Waals surface area contributed by atoms with E-state index in [-0.39, 0.29) is 5.91 Å². The second-order valence-electron chi connectivity index (χ2n) is 7.49. The molecule has 0 unspecified atom stereocenters. The van der Waals surface area contributed by atoms with Crippen molar-refractivity contribution in [3.05, 3.63) is 47.8 Å². The summed E-state index contributed by atoms with van der Waals surface area (Å²) in [6, 6.07) is 12.0. The summed E-state index contributed by atoms with van der Waals surface area (Å²) in [5.74, 6) is 0.937. The van der Waals surface area contributed by atoms with E-state index in [1.54, 1.807) is 0 Å². The number of aromatic nitrogens is 2. The Morgan fingerprint density at radius 3 is 2.69 bits per heavy atom. The zero-order valence-electron chi connectivity index (χ0n) is 15.0. The first-order chi connectivity index (χ1) is 12.5. The summed E-state index contributed by atoms with van der Waals surface area (Å²) >= 11 is 2.56. The fourth-order valence-corrected chi connectivity index (χ4v) is 4.50. The highest BCUT2D eigenvalue weighted by Crippen LogP contribution is 2.38. The number of alkyl halides is 1. The average molecular weight is 465 g/mol. The van der Waals surface area contributed by atoms with E-state index < -0.39 is 0 Å². The van der Waals surface area contributed by atoms with Gasteiger partial charge in [-0.1, -0.05) is 47.7 Å². The van der Waals surface area contributed by atoms with Gasteiger partial charge in [-0.2, -0.15) is 5.10 Å². The van der Waals surface area contributed by atoms with Crippen LogP contribution < -0.4 is 4.74 Å². The summed E-state index contributed by atoms with van der Waals surface area (Å²) in [5, 5.41) is 4.56. The highest BCUT2D eigenvalue weighted by Gasteiger charge is 2.36. The maximum Gasteiger partial charge on any atom is 0.272 e. The van der Waals surface area contributed by atoms with Crippen LogP contribution >= 0.6 is 22.6 Å². The van der Waals surface area contributed by atoms with E-state index in [0.717, 1.165) is 37.4 Å². The van der Waals surface area contributed by atoms with Crippen molar-refractivity contribution in [3.8, 4) is 5.75 Å². The minimum atomic E-state index is 0.122. The Morgan fingerprint density at radius 2 is 1.96 bits per heavy atom. The molecule has 0 saturated heterocycles. The Bertz CT molecular complexity index is 778. The van der Waals surface area contributed by atoms with Crippen LogP contribution in [0.25, 0.3) is 0 Å². The van der Waals surface area contributed by atoms with Crippen LogP contribution in [-0.2, 0) is 13.2 Å². The number of carbonyl (C=O) groups excluding carboxylic acids is 1. The zero-order valence-corrected chi connectivity index (χ0v) is 17.2. The standard InChI is InChI=1S/C20H24IN3O2/c1-20(21)9-7-16(8-10-20)23-11-12-24-18(19(23)25)13-15(22-24)14-26-17-5-3-2-4-6-17/h2-6,13,16H,7-12,14H2,1H3. The Balaban J connectivity index is 1.43. The van der Waals surface area contributed by atoms with Gasteiger partial charge in [0.05, 0.1) is 6.54 Å². The molecule has 1 aliphatic carbocycles. The second kappa shape index (κ2) is 7.21. The molecule has 2 aromatic rings. The first kappa shape index (κ1) is 17.8. The van der Waals surface area contributed by atoms with Crippen molar-refractivity contribution in [3.63, 3.8) is 0 Å². The highest BCUT2D eigenvalue weighted by atomic mass is 127. The maximum atomic E-state index is 13.0. The van der Waals surface area contributed by atoms with Crippen LogP contribution in [-0.4, -0.2) is 36.6 Å². The van der Waals surface area contributed by atoms with Crippen molar-refractivity contribution < 1.29 is 9.53 Å². The van der Waals surface area contributed by atoms with Crippen LogP contribution in [0.15, 0.2) is 36.4 Å². The molecule has 0 atom stereocenters. The van der Waals surface area contributed by atoms with Gasteiger partial charge in [-0.3, -0.25) is 9.48 Å². The molecule has 1 aromatic carbocycles. The van der Waals surface area contributed by atoms with Crippen molar-refractivity contribution in [2.75, 3.05) is 6.54 Å². The summed E-state index contributed by atoms with van der Waals surface area (Å²) in [4.78, 5) is 15.1. The number of amides is 1. The third-order valence-corrected chi connectivity index (χ3v) is 6.51. The van der Waals surface area contributed by atoms with Crippen LogP contribution in [0.1, 0.15) is 48.8 Å². The summed E-state index contributed by atoms with van der Waals surface area (Å²) in [6.45, 7) is 4.23. The molecule has 1 aromatic heterocycles. The Hall–Kier alpha value is -1.57. The number of rotatable bonds is 4. The number of carbonyl (C=O) groups is 1. The number of nitrogens with zero attached hydrogens (tertiary/aromatic N) is 3. The number of halogens is 1. The van der Waals surface area contributed by atoms with Gasteiger partial charge in [0.25, 0.3) is 5.91 Å². The van der Waals surface area contributed by atoms with Crippen LogP contribution in [0.4, 0.5) is 0 Å². The number of hydrogen-bond acceptors (Lipinski definition) is 3. The third kappa shape index (κ3) is 3.75. The van der Waals surface area contributed by atoms with Crippen LogP contribution in [0.5, 0.6) is 5.75 Å². The largest absolute Gasteiger partial charge is 0.487 e. The quantitative estimate of drug-likeness (QED) is 0.506. The molecule has 1 fully saturated rings. The topological polar surface area (TPSA) is 47.4 Å². The molecular formula is C20H24IN3O2. The van der Waals surface area contributed by atoms with Gasteiger partial charge in [-0.15, -0.1) is 0 Å². The number of hydrogen-bond donors (Lipinski definition) is 0. The maximum absolute atomic E-state index is 13.0. The van der Waals surface area contributed by atoms with E-state index in [1.165, 1.54) is 12.8 Å². The molecule has 1 amide bonds. The first-order valence-electron chi connectivity index (χ1n) is 9.26. The summed E-state index contributed by atoms with van der Waals surface area (Å²) in [5.41, 5.74) is 1.51. The smallest absolute Gasteiger partial charge is 0.272 e. The fourth-order valence-electron chi connectivity index (χ4n) is 3.87. The summed E-state index contributed by atoms with van der Waals surface area (Å²) in [7, 11) is 0. The van der Waals surface area contributed by atoms with Gasteiger partial charge in [0, 0.05) is 16.0 Å². The van der Waals surface area contributed by atoms with Crippen molar-refractivity contribution in [1.82, 2.24) is 14.7 Å². The van der Waals surface area contributed by atoms with Gasteiger partial charge in [0.1, 0.15) is 23.7 Å². The third-order valence-electron chi connectivity index (χ3n) is 5.43. The second-order valence-corrected chi connectivity index (χ2v) is 10.1. The van der Waals surface area contributed by atoms with Crippen molar-refractivity contribution in [1.29, 1.82) is 0 Å². The highest BCUT2D eigenvalue weighted by molar-refractivity contribution is 14.1. The zero-order chi connectivity index (χ0) is 18.1. The van der Waals surface area contributed by atoms with E-state index in [9.17, 15) is 4.79 Å². The monoisotopic (exact) mass is 465 g/mol. The molecule has 0 spiro atoms. The molecule has 1 saturated carbocycles. The Morgan fingerprint density at radius 1 is 1.23 bits per heavy atom. The Labute approximate surface area is 167 Å². The normalized spacial score (nSPS) is 25.8. The molecule has 138 valence electrons. The lowest BCUT2D eigenvalue weighted by Crippen LogP contribution is -2.48. The molecule has 4 rings (SSSR count). The molecule has 2 aliphatic rings. The van der Waals surface area contributed by atoms with Crippen molar-refractivity contribution in [2.24, 2.45) is 0 Å². The lowest BCUT2D eigenvalue weighted by atomic mass is 9.86. The average Bonchev–Trinajstić information content (AvgIpc) is 3.06. The summed E-state index contributed by atoms with van der Waals surface area (Å²) < 4.78 is 8.00. The lowest BCUT2D eigenvalue weighted by Gasteiger charge is -2.40. The number of benzene rings is 1. The Kier molecular flexibility index (Phi) is 4.94. The van der Waals surface area contributed by atoms with Crippen molar-refractivity contribution in [2.45, 2.75) is 55.2 Å². The van der Waals surface area contributed by atoms with E-state index >= 15 is 0 Å². The molecule has 26 heavy (non-hydrogen) atoms. The lowest BCUT2D eigenvalue weighted by molar-refractivity contribution is 0.0554. The molecule has 0 bridgehead atoms. The molecule has 0 radical (unpaired) electrons. The number of fused-ring (bicyclic) bond motifs is 1. The van der Waals surface area contributed by atoms with E-state index in [1.807, 2.05) is 41.1 Å². The van der Waals surface area contributed by atoms with Gasteiger partial charge in [-0.05, 0) is 43.9 Å². The van der Waals surface area contributed by atoms with E-state index in [2.05, 4.69) is 39.5 Å². The minimum Gasteiger partial charge on any atom is -0.487 e. The van der Waals surface area contributed by atoms with Crippen molar-refractivity contribution >= 4 is 28.5 Å². The fraction of sp³-hybridized carbons (Fsp3) is 0.500. The molecular weight excluding hydrogens is 441 g/mol. The van der Waals surface area contributed by atoms with Gasteiger partial charge < -0.3 is 9.64 Å². The molecule has 0 N–H and O–H groups in total. The van der Waals surface area contributed by atoms with Crippen LogP contribution in [0.2, 0.25) is 0 Å². The predicted octanol–water partition coefficient (Wildman–Crippen LogP) is 4.05. The number of ether oxygens (including phenoxy) is 1. The minimum absolute atomic E-state index is 0.122. The van der Waals surface area contributed by atoms with Gasteiger partial charge in [-0.25, -0.2) is 0 Å². The predicted molar refractivity (Wildman–Crippen MR) is 109 cm³/mol. The van der Waals surface area contributed by atoms with Crippen LogP contribution in [0, 0.1) is 0 Å². The SMILES string of the molecule is CC1(I)CCC(N2CCn3nc(COc4ccccc4)cc3C2=O)CC1. The van der Waals surface area contributed by atoms with E-state index in [0.29, 0.717) is 21.8 Å². The van der Waals surface area contributed by atoms with Gasteiger partial charge in [0.2, 0.25) is 0 Å². The molecule has 5 nitrogen and oxygen atoms in total. The summed E-state index contributed by atoms with van der Waals surface area (Å²) in [6.07, 6.45) is 4.56. The first-order valence-corrected chi connectivity index (χ1v) is 10.3. The molecule has 2 heterocycles. The van der Waals surface area contributed by atoms with Crippen LogP contribution in [0.3, 0.4) is 0 Å². The number of para-hydroxylation sites is 1. The van der Waals surface area contributed by atoms with Gasteiger partial charge in [0.15, 0.2) is 0 Å². The molecule has 1 aliphatic heterocycles. The van der Waals surface area contributed by atoms with E-state index in [4.69, 9.17) is 4.74 Å². The van der Waals surface area contributed by atoms with Gasteiger partial charge >= 0.3 is 0 Å².